The lowest BCUT2D eigenvalue weighted by Gasteiger charge is -2.13. The molecule has 222 valence electrons. The number of hydrogen-bond donors (Lipinski definition) is 1. The van der Waals surface area contributed by atoms with Gasteiger partial charge in [0.15, 0.2) is 0 Å². The summed E-state index contributed by atoms with van der Waals surface area (Å²) in [5.74, 6) is 0.0443. The third-order valence-electron chi connectivity index (χ3n) is 6.59. The van der Waals surface area contributed by atoms with Crippen molar-refractivity contribution in [2.45, 2.75) is 26.3 Å². The Bertz CT molecular complexity index is 1940. The van der Waals surface area contributed by atoms with Crippen molar-refractivity contribution in [3.8, 4) is 17.3 Å². The van der Waals surface area contributed by atoms with E-state index in [2.05, 4.69) is 20.3 Å². The summed E-state index contributed by atoms with van der Waals surface area (Å²) in [4.78, 5) is 25.6. The number of halogens is 3. The first-order valence-corrected chi connectivity index (χ1v) is 13.4. The topological polar surface area (TPSA) is 104 Å². The van der Waals surface area contributed by atoms with Crippen LogP contribution in [0.1, 0.15) is 32.9 Å². The molecule has 3 heterocycles. The summed E-state index contributed by atoms with van der Waals surface area (Å²) in [6.07, 6.45) is 0.986. The molecule has 0 atom stereocenters. The van der Waals surface area contributed by atoms with Gasteiger partial charge < -0.3 is 23.8 Å². The number of furan rings is 1. The van der Waals surface area contributed by atoms with E-state index >= 15 is 0 Å². The number of aromatic nitrogens is 4. The van der Waals surface area contributed by atoms with Crippen molar-refractivity contribution < 1.29 is 31.9 Å². The fourth-order valence-corrected chi connectivity index (χ4v) is 4.48. The Balaban J connectivity index is 1.16. The Hall–Kier alpha value is -5.49. The van der Waals surface area contributed by atoms with Crippen LogP contribution >= 0.6 is 0 Å². The number of imidazole rings is 1. The molecule has 0 saturated heterocycles. The molecule has 0 fully saturated rings. The molecular weight excluding hydrogens is 575 g/mol. The highest BCUT2D eigenvalue weighted by atomic mass is 19.4. The highest BCUT2D eigenvalue weighted by Gasteiger charge is 2.31. The minimum Gasteiger partial charge on any atom is -0.463 e. The predicted molar refractivity (Wildman–Crippen MR) is 155 cm³/mol. The van der Waals surface area contributed by atoms with Crippen molar-refractivity contribution in [3.05, 3.63) is 126 Å². The molecule has 0 bridgehead atoms. The molecule has 3 aromatic carbocycles. The maximum absolute atomic E-state index is 13.6. The molecule has 1 amide bonds. The Labute approximate surface area is 248 Å². The molecule has 0 unspecified atom stereocenters. The standard InChI is InChI=1S/C32H24F3N5O4/c1-20-14-40(19-38-20)25-10-22(32(33,34)35)9-23(11-25)39-31(41)28-17-43-29-13-26(7-8-27(28)29)44-30-12-24(36-18-37-30)16-42-15-21-5-3-2-4-6-21/h2-14,17-19H,15-16H2,1H3,(H,39,41). The van der Waals surface area contributed by atoms with E-state index in [4.69, 9.17) is 13.9 Å². The number of amides is 1. The zero-order valence-electron chi connectivity index (χ0n) is 23.2. The summed E-state index contributed by atoms with van der Waals surface area (Å²) >= 11 is 0. The largest absolute Gasteiger partial charge is 0.463 e. The number of aryl methyl sites for hydroxylation is 1. The number of benzene rings is 3. The van der Waals surface area contributed by atoms with Gasteiger partial charge in [-0.1, -0.05) is 30.3 Å². The first-order chi connectivity index (χ1) is 21.2. The summed E-state index contributed by atoms with van der Waals surface area (Å²) in [5.41, 5.74) is 2.04. The van der Waals surface area contributed by atoms with Crippen molar-refractivity contribution >= 4 is 22.6 Å². The molecule has 0 radical (unpaired) electrons. The highest BCUT2D eigenvalue weighted by Crippen LogP contribution is 2.34. The van der Waals surface area contributed by atoms with Gasteiger partial charge in [-0.15, -0.1) is 0 Å². The average molecular weight is 600 g/mol. The van der Waals surface area contributed by atoms with Crippen LogP contribution in [0.3, 0.4) is 0 Å². The normalized spacial score (nSPS) is 11.5. The summed E-state index contributed by atoms with van der Waals surface area (Å²) < 4.78 is 59.6. The molecule has 0 saturated carbocycles. The van der Waals surface area contributed by atoms with Crippen LogP contribution in [-0.2, 0) is 24.1 Å². The number of hydrogen-bond acceptors (Lipinski definition) is 7. The molecule has 0 aliphatic carbocycles. The zero-order chi connectivity index (χ0) is 30.7. The molecule has 0 aliphatic rings. The minimum atomic E-state index is -4.62. The van der Waals surface area contributed by atoms with Gasteiger partial charge in [-0.2, -0.15) is 13.2 Å². The minimum absolute atomic E-state index is 0.0344. The van der Waals surface area contributed by atoms with Crippen LogP contribution < -0.4 is 10.1 Å². The van der Waals surface area contributed by atoms with Gasteiger partial charge in [0.05, 0.1) is 42.1 Å². The lowest BCUT2D eigenvalue weighted by molar-refractivity contribution is -0.137. The second kappa shape index (κ2) is 12.0. The number of alkyl halides is 3. The van der Waals surface area contributed by atoms with Crippen LogP contribution in [0.4, 0.5) is 18.9 Å². The highest BCUT2D eigenvalue weighted by molar-refractivity contribution is 6.12. The number of nitrogens with zero attached hydrogens (tertiary/aromatic N) is 4. The molecule has 6 rings (SSSR count). The van der Waals surface area contributed by atoms with Crippen molar-refractivity contribution in [1.29, 1.82) is 0 Å². The van der Waals surface area contributed by atoms with Crippen LogP contribution in [0.2, 0.25) is 0 Å². The zero-order valence-corrected chi connectivity index (χ0v) is 23.2. The van der Waals surface area contributed by atoms with E-state index in [1.54, 1.807) is 37.4 Å². The van der Waals surface area contributed by atoms with Crippen LogP contribution in [0.15, 0.2) is 102 Å². The van der Waals surface area contributed by atoms with Gasteiger partial charge in [0.2, 0.25) is 5.88 Å². The number of ether oxygens (including phenoxy) is 2. The van der Waals surface area contributed by atoms with Gasteiger partial charge >= 0.3 is 6.18 Å². The molecule has 0 aliphatic heterocycles. The number of fused-ring (bicyclic) bond motifs is 1. The molecule has 44 heavy (non-hydrogen) atoms. The lowest BCUT2D eigenvalue weighted by Crippen LogP contribution is -2.13. The van der Waals surface area contributed by atoms with Crippen LogP contribution in [0.25, 0.3) is 16.7 Å². The smallest absolute Gasteiger partial charge is 0.416 e. The van der Waals surface area contributed by atoms with E-state index in [0.29, 0.717) is 34.7 Å². The molecule has 1 N–H and O–H groups in total. The average Bonchev–Trinajstić information content (AvgIpc) is 3.63. The molecule has 3 aromatic heterocycles. The molecule has 12 heteroatoms. The molecule has 6 aromatic rings. The molecule has 9 nitrogen and oxygen atoms in total. The van der Waals surface area contributed by atoms with Crippen LogP contribution in [0, 0.1) is 6.92 Å². The summed E-state index contributed by atoms with van der Waals surface area (Å²) in [5, 5.41) is 3.01. The van der Waals surface area contributed by atoms with E-state index in [-0.39, 0.29) is 29.4 Å². The number of nitrogens with one attached hydrogen (secondary N) is 1. The molecule has 0 spiro atoms. The first kappa shape index (κ1) is 28.6. The van der Waals surface area contributed by atoms with Gasteiger partial charge in [-0.25, -0.2) is 15.0 Å². The maximum atomic E-state index is 13.6. The van der Waals surface area contributed by atoms with Crippen molar-refractivity contribution in [2.24, 2.45) is 0 Å². The van der Waals surface area contributed by atoms with E-state index in [9.17, 15) is 18.0 Å². The fourth-order valence-electron chi connectivity index (χ4n) is 4.48. The van der Waals surface area contributed by atoms with Crippen molar-refractivity contribution in [3.63, 3.8) is 0 Å². The van der Waals surface area contributed by atoms with E-state index in [1.165, 1.54) is 29.6 Å². The Morgan fingerprint density at radius 2 is 1.82 bits per heavy atom. The number of carbonyl (C=O) groups excluding carboxylic acids is 1. The van der Waals surface area contributed by atoms with Crippen LogP contribution in [0.5, 0.6) is 11.6 Å². The lowest BCUT2D eigenvalue weighted by atomic mass is 10.1. The van der Waals surface area contributed by atoms with Crippen LogP contribution in [-0.4, -0.2) is 25.4 Å². The van der Waals surface area contributed by atoms with Gasteiger partial charge in [0.25, 0.3) is 5.91 Å². The van der Waals surface area contributed by atoms with Gasteiger partial charge in [-0.3, -0.25) is 4.79 Å². The Morgan fingerprint density at radius 3 is 2.59 bits per heavy atom. The maximum Gasteiger partial charge on any atom is 0.416 e. The molecular formula is C32H24F3N5O4. The summed E-state index contributed by atoms with van der Waals surface area (Å²) in [7, 11) is 0. The third kappa shape index (κ3) is 6.60. The van der Waals surface area contributed by atoms with Gasteiger partial charge in [0.1, 0.15) is 23.9 Å². The van der Waals surface area contributed by atoms with E-state index < -0.39 is 17.6 Å². The predicted octanol–water partition coefficient (Wildman–Crippen LogP) is 7.50. The summed E-state index contributed by atoms with van der Waals surface area (Å²) in [6, 6.07) is 19.6. The Morgan fingerprint density at radius 1 is 0.977 bits per heavy atom. The van der Waals surface area contributed by atoms with E-state index in [0.717, 1.165) is 17.7 Å². The number of carbonyl (C=O) groups is 1. The third-order valence-corrected chi connectivity index (χ3v) is 6.59. The summed E-state index contributed by atoms with van der Waals surface area (Å²) in [6.45, 7) is 2.42. The monoisotopic (exact) mass is 599 g/mol. The SMILES string of the molecule is Cc1cn(-c2cc(NC(=O)c3coc4cc(Oc5cc(COCc6ccccc6)ncn5)ccc34)cc(C(F)(F)F)c2)cn1. The van der Waals surface area contributed by atoms with Crippen molar-refractivity contribution in [1.82, 2.24) is 19.5 Å². The van der Waals surface area contributed by atoms with E-state index in [1.807, 2.05) is 30.3 Å². The number of anilines is 1. The fraction of sp³-hybridized carbons (Fsp3) is 0.125. The second-order valence-corrected chi connectivity index (χ2v) is 9.88. The Kier molecular flexibility index (Phi) is 7.82. The van der Waals surface area contributed by atoms with Gasteiger partial charge in [-0.05, 0) is 42.8 Å². The number of rotatable bonds is 9. The first-order valence-electron chi connectivity index (χ1n) is 13.4. The van der Waals surface area contributed by atoms with Gasteiger partial charge in [0, 0.05) is 35.1 Å². The second-order valence-electron chi connectivity index (χ2n) is 9.88. The quantitative estimate of drug-likeness (QED) is 0.184. The van der Waals surface area contributed by atoms with Crippen molar-refractivity contribution in [2.75, 3.05) is 5.32 Å².